The highest BCUT2D eigenvalue weighted by molar-refractivity contribution is 14.1. The predicted molar refractivity (Wildman–Crippen MR) is 94.0 cm³/mol. The molecule has 0 bridgehead atoms. The van der Waals surface area contributed by atoms with Crippen molar-refractivity contribution in [2.24, 2.45) is 0 Å². The van der Waals surface area contributed by atoms with E-state index in [9.17, 15) is 4.79 Å². The number of carbonyl (C=O) groups excluding carboxylic acids is 1. The lowest BCUT2D eigenvalue weighted by Gasteiger charge is -2.21. The van der Waals surface area contributed by atoms with Gasteiger partial charge in [-0.15, -0.1) is 0 Å². The van der Waals surface area contributed by atoms with Crippen molar-refractivity contribution in [3.05, 3.63) is 43.7 Å². The van der Waals surface area contributed by atoms with Gasteiger partial charge in [-0.05, 0) is 46.9 Å². The summed E-state index contributed by atoms with van der Waals surface area (Å²) in [7, 11) is 1.37. The van der Waals surface area contributed by atoms with Gasteiger partial charge in [0, 0.05) is 9.89 Å². The van der Waals surface area contributed by atoms with Crippen molar-refractivity contribution in [1.82, 2.24) is 9.78 Å². The first-order valence-electron chi connectivity index (χ1n) is 6.39. The largest absolute Gasteiger partial charge is 0.464 e. The Bertz CT molecular complexity index is 672. The Kier molecular flexibility index (Phi) is 4.77. The van der Waals surface area contributed by atoms with Crippen molar-refractivity contribution in [2.45, 2.75) is 26.2 Å². The molecule has 1 heterocycles. The zero-order valence-electron chi connectivity index (χ0n) is 12.3. The van der Waals surface area contributed by atoms with Crippen LogP contribution in [-0.4, -0.2) is 22.9 Å². The number of hydrogen-bond acceptors (Lipinski definition) is 3. The summed E-state index contributed by atoms with van der Waals surface area (Å²) in [5, 5.41) is 4.47. The monoisotopic (exact) mass is 462 g/mol. The molecule has 0 spiro atoms. The molecule has 0 radical (unpaired) electrons. The minimum Gasteiger partial charge on any atom is -0.464 e. The third-order valence-electron chi connectivity index (χ3n) is 2.99. The van der Waals surface area contributed by atoms with Gasteiger partial charge in [-0.2, -0.15) is 5.10 Å². The van der Waals surface area contributed by atoms with Crippen LogP contribution in [0.25, 0.3) is 5.69 Å². The minimum atomic E-state index is -0.416. The zero-order valence-corrected chi connectivity index (χ0v) is 16.0. The van der Waals surface area contributed by atoms with Gasteiger partial charge in [0.15, 0.2) is 5.69 Å². The molecule has 0 aliphatic carbocycles. The van der Waals surface area contributed by atoms with Crippen LogP contribution < -0.4 is 0 Å². The van der Waals surface area contributed by atoms with Crippen molar-refractivity contribution in [2.75, 3.05) is 7.11 Å². The van der Waals surface area contributed by atoms with Gasteiger partial charge >= 0.3 is 5.97 Å². The molecule has 21 heavy (non-hydrogen) atoms. The van der Waals surface area contributed by atoms with Gasteiger partial charge in [0.1, 0.15) is 0 Å². The van der Waals surface area contributed by atoms with Crippen LogP contribution in [0.3, 0.4) is 0 Å². The van der Waals surface area contributed by atoms with E-state index in [0.717, 1.165) is 19.4 Å². The molecule has 6 heteroatoms. The Morgan fingerprint density at radius 2 is 1.86 bits per heavy atom. The van der Waals surface area contributed by atoms with Crippen LogP contribution >= 0.6 is 38.5 Å². The lowest BCUT2D eigenvalue weighted by molar-refractivity contribution is 0.0592. The van der Waals surface area contributed by atoms with Crippen molar-refractivity contribution in [3.8, 4) is 5.69 Å². The Labute approximate surface area is 146 Å². The second-order valence-electron chi connectivity index (χ2n) is 5.64. The summed E-state index contributed by atoms with van der Waals surface area (Å²) in [5.74, 6) is -0.416. The fraction of sp³-hybridized carbons (Fsp3) is 0.333. The number of esters is 1. The summed E-state index contributed by atoms with van der Waals surface area (Å²) in [6.45, 7) is 6.30. The topological polar surface area (TPSA) is 44.1 Å². The lowest BCUT2D eigenvalue weighted by atomic mass is 9.91. The number of hydrogen-bond donors (Lipinski definition) is 0. The molecule has 0 aliphatic heterocycles. The first-order valence-corrected chi connectivity index (χ1v) is 8.26. The van der Waals surface area contributed by atoms with E-state index in [1.54, 1.807) is 0 Å². The maximum atomic E-state index is 11.9. The average molecular weight is 463 g/mol. The number of ether oxygens (including phenoxy) is 1. The summed E-state index contributed by atoms with van der Waals surface area (Å²) in [6, 6.07) is 7.83. The second kappa shape index (κ2) is 6.08. The quantitative estimate of drug-likeness (QED) is 0.493. The molecule has 1 aromatic carbocycles. The van der Waals surface area contributed by atoms with Gasteiger partial charge in [-0.25, -0.2) is 9.48 Å². The first kappa shape index (κ1) is 16.5. The Hall–Kier alpha value is -0.890. The van der Waals surface area contributed by atoms with E-state index < -0.39 is 5.97 Å². The van der Waals surface area contributed by atoms with E-state index in [-0.39, 0.29) is 5.41 Å². The maximum absolute atomic E-state index is 11.9. The summed E-state index contributed by atoms with van der Waals surface area (Å²) in [6.07, 6.45) is 0. The molecule has 0 saturated heterocycles. The SMILES string of the molecule is COC(=O)c1nn(-c2ccc(Br)cc2)c(C(C)(C)C)c1I. The van der Waals surface area contributed by atoms with E-state index in [4.69, 9.17) is 4.74 Å². The van der Waals surface area contributed by atoms with E-state index in [0.29, 0.717) is 5.69 Å². The van der Waals surface area contributed by atoms with Gasteiger partial charge in [-0.1, -0.05) is 36.7 Å². The van der Waals surface area contributed by atoms with Crippen LogP contribution in [0.4, 0.5) is 0 Å². The molecule has 0 aliphatic rings. The van der Waals surface area contributed by atoms with Gasteiger partial charge < -0.3 is 4.74 Å². The highest BCUT2D eigenvalue weighted by Crippen LogP contribution is 2.32. The minimum absolute atomic E-state index is 0.150. The molecule has 0 N–H and O–H groups in total. The number of benzene rings is 1. The fourth-order valence-electron chi connectivity index (χ4n) is 2.04. The number of methoxy groups -OCH3 is 1. The van der Waals surface area contributed by atoms with Crippen molar-refractivity contribution < 1.29 is 9.53 Å². The number of aromatic nitrogens is 2. The second-order valence-corrected chi connectivity index (χ2v) is 7.64. The third-order valence-corrected chi connectivity index (χ3v) is 4.54. The number of carbonyl (C=O) groups is 1. The standard InChI is InChI=1S/C15H16BrIN2O2/c1-15(2,3)13-11(17)12(14(20)21-4)18-19(13)10-7-5-9(16)6-8-10/h5-8H,1-4H3. The summed E-state index contributed by atoms with van der Waals surface area (Å²) >= 11 is 5.59. The number of rotatable bonds is 2. The number of halogens is 2. The van der Waals surface area contributed by atoms with E-state index >= 15 is 0 Å². The fourth-order valence-corrected chi connectivity index (χ4v) is 3.67. The Morgan fingerprint density at radius 3 is 2.33 bits per heavy atom. The highest BCUT2D eigenvalue weighted by atomic mass is 127. The Balaban J connectivity index is 2.69. The summed E-state index contributed by atoms with van der Waals surface area (Å²) in [5.41, 5.74) is 2.11. The van der Waals surface area contributed by atoms with E-state index in [1.807, 2.05) is 28.9 Å². The normalized spacial score (nSPS) is 11.5. The first-order chi connectivity index (χ1) is 9.75. The van der Waals surface area contributed by atoms with Gasteiger partial charge in [0.25, 0.3) is 0 Å². The van der Waals surface area contributed by atoms with E-state index in [1.165, 1.54) is 7.11 Å². The molecule has 0 saturated carbocycles. The number of nitrogens with zero attached hydrogens (tertiary/aromatic N) is 2. The maximum Gasteiger partial charge on any atom is 0.359 e. The molecule has 2 rings (SSSR count). The molecule has 0 fully saturated rings. The predicted octanol–water partition coefficient (Wildman–Crippen LogP) is 4.32. The van der Waals surface area contributed by atoms with E-state index in [2.05, 4.69) is 64.4 Å². The molecular weight excluding hydrogens is 447 g/mol. The molecule has 1 aromatic heterocycles. The van der Waals surface area contributed by atoms with Gasteiger partial charge in [0.05, 0.1) is 22.1 Å². The summed E-state index contributed by atoms with van der Waals surface area (Å²) in [4.78, 5) is 11.9. The molecule has 112 valence electrons. The average Bonchev–Trinajstić information content (AvgIpc) is 2.76. The van der Waals surface area contributed by atoms with Crippen LogP contribution in [0.1, 0.15) is 37.0 Å². The van der Waals surface area contributed by atoms with Crippen molar-refractivity contribution >= 4 is 44.5 Å². The summed E-state index contributed by atoms with van der Waals surface area (Å²) < 4.78 is 8.47. The van der Waals surface area contributed by atoms with Crippen molar-refractivity contribution in [3.63, 3.8) is 0 Å². The van der Waals surface area contributed by atoms with Crippen molar-refractivity contribution in [1.29, 1.82) is 0 Å². The molecule has 0 atom stereocenters. The smallest absolute Gasteiger partial charge is 0.359 e. The molecule has 0 unspecified atom stereocenters. The Morgan fingerprint density at radius 1 is 1.29 bits per heavy atom. The van der Waals surface area contributed by atoms with Crippen LogP contribution in [-0.2, 0) is 10.2 Å². The highest BCUT2D eigenvalue weighted by Gasteiger charge is 2.29. The molecule has 4 nitrogen and oxygen atoms in total. The van der Waals surface area contributed by atoms with Gasteiger partial charge in [-0.3, -0.25) is 0 Å². The van der Waals surface area contributed by atoms with Gasteiger partial charge in [0.2, 0.25) is 0 Å². The molecule has 2 aromatic rings. The van der Waals surface area contributed by atoms with Crippen LogP contribution in [0.2, 0.25) is 0 Å². The molecule has 0 amide bonds. The van der Waals surface area contributed by atoms with Crippen LogP contribution in [0.5, 0.6) is 0 Å². The molecular formula is C15H16BrIN2O2. The van der Waals surface area contributed by atoms with Crippen LogP contribution in [0.15, 0.2) is 28.7 Å². The van der Waals surface area contributed by atoms with Crippen LogP contribution in [0, 0.1) is 3.57 Å². The lowest BCUT2D eigenvalue weighted by Crippen LogP contribution is -2.18. The third kappa shape index (κ3) is 3.31. The zero-order chi connectivity index (χ0) is 15.8.